The summed E-state index contributed by atoms with van der Waals surface area (Å²) in [5, 5.41) is 17.4. The number of nitriles is 2. The molecular formula is C13H12FN3O2. The van der Waals surface area contributed by atoms with Gasteiger partial charge in [0.15, 0.2) is 0 Å². The van der Waals surface area contributed by atoms with Gasteiger partial charge in [0, 0.05) is 6.54 Å². The third-order valence-corrected chi connectivity index (χ3v) is 2.43. The van der Waals surface area contributed by atoms with Crippen LogP contribution in [0.25, 0.3) is 0 Å². The molecule has 0 fully saturated rings. The average molecular weight is 261 g/mol. The fourth-order valence-electron chi connectivity index (χ4n) is 1.53. The molecule has 0 bridgehead atoms. The van der Waals surface area contributed by atoms with Gasteiger partial charge >= 0.3 is 5.97 Å². The molecule has 0 saturated carbocycles. The molecule has 0 radical (unpaired) electrons. The summed E-state index contributed by atoms with van der Waals surface area (Å²) in [6.45, 7) is 0.259. The van der Waals surface area contributed by atoms with Crippen LogP contribution in [0.2, 0.25) is 0 Å². The number of benzene rings is 1. The summed E-state index contributed by atoms with van der Waals surface area (Å²) in [4.78, 5) is 12.7. The Labute approximate surface area is 110 Å². The summed E-state index contributed by atoms with van der Waals surface area (Å²) in [5.41, 5.74) is 0.588. The maximum absolute atomic E-state index is 13.2. The number of hydrogen-bond acceptors (Lipinski definition) is 5. The van der Waals surface area contributed by atoms with E-state index in [2.05, 4.69) is 4.74 Å². The molecule has 0 N–H and O–H groups in total. The van der Waals surface area contributed by atoms with Crippen LogP contribution in [-0.4, -0.2) is 31.1 Å². The number of esters is 1. The van der Waals surface area contributed by atoms with Crippen molar-refractivity contribution in [2.75, 3.05) is 20.2 Å². The minimum atomic E-state index is -0.592. The van der Waals surface area contributed by atoms with Crippen molar-refractivity contribution in [1.29, 1.82) is 10.5 Å². The molecule has 0 saturated heterocycles. The van der Waals surface area contributed by atoms with Crippen molar-refractivity contribution >= 4 is 5.97 Å². The van der Waals surface area contributed by atoms with Crippen molar-refractivity contribution in [2.45, 2.75) is 6.54 Å². The molecule has 1 aromatic rings. The smallest absolute Gasteiger partial charge is 0.319 e. The highest BCUT2D eigenvalue weighted by Crippen LogP contribution is 2.11. The highest BCUT2D eigenvalue weighted by Gasteiger charge is 2.12. The van der Waals surface area contributed by atoms with Gasteiger partial charge in [0.1, 0.15) is 11.9 Å². The molecule has 0 aliphatic carbocycles. The van der Waals surface area contributed by atoms with Gasteiger partial charge in [0.2, 0.25) is 0 Å². The molecule has 0 atom stereocenters. The second kappa shape index (κ2) is 7.10. The van der Waals surface area contributed by atoms with Gasteiger partial charge in [-0.2, -0.15) is 10.5 Å². The molecule has 0 spiro atoms. The van der Waals surface area contributed by atoms with E-state index in [-0.39, 0.29) is 25.2 Å². The number of nitrogens with zero attached hydrogens (tertiary/aromatic N) is 3. The minimum absolute atomic E-state index is 0.0361. The summed E-state index contributed by atoms with van der Waals surface area (Å²) >= 11 is 0. The zero-order valence-electron chi connectivity index (χ0n) is 10.4. The van der Waals surface area contributed by atoms with Gasteiger partial charge < -0.3 is 4.74 Å². The molecule has 1 rings (SSSR count). The number of hydrogen-bond donors (Lipinski definition) is 0. The van der Waals surface area contributed by atoms with E-state index >= 15 is 0 Å². The fourth-order valence-corrected chi connectivity index (χ4v) is 1.53. The topological polar surface area (TPSA) is 77.1 Å². The Hall–Kier alpha value is -2.44. The van der Waals surface area contributed by atoms with Crippen molar-refractivity contribution in [2.24, 2.45) is 0 Å². The van der Waals surface area contributed by atoms with Crippen LogP contribution < -0.4 is 0 Å². The van der Waals surface area contributed by atoms with E-state index in [1.54, 1.807) is 11.0 Å². The molecule has 1 aromatic carbocycles. The van der Waals surface area contributed by atoms with Crippen molar-refractivity contribution in [3.63, 3.8) is 0 Å². The lowest BCUT2D eigenvalue weighted by atomic mass is 10.1. The molecule has 0 aliphatic rings. The molecule has 0 aromatic heterocycles. The molecule has 0 amide bonds. The molecular weight excluding hydrogens is 249 g/mol. The first-order valence-electron chi connectivity index (χ1n) is 5.45. The minimum Gasteiger partial charge on any atom is -0.468 e. The second-order valence-corrected chi connectivity index (χ2v) is 3.81. The summed E-state index contributed by atoms with van der Waals surface area (Å²) in [6, 6.07) is 7.78. The van der Waals surface area contributed by atoms with E-state index in [1.807, 2.05) is 6.07 Å². The summed E-state index contributed by atoms with van der Waals surface area (Å²) in [5.74, 6) is -1.05. The quantitative estimate of drug-likeness (QED) is 0.588. The number of carbonyl (C=O) groups is 1. The highest BCUT2D eigenvalue weighted by molar-refractivity contribution is 5.71. The van der Waals surface area contributed by atoms with Crippen LogP contribution in [0.4, 0.5) is 4.39 Å². The van der Waals surface area contributed by atoms with Crippen LogP contribution in [-0.2, 0) is 16.1 Å². The normalized spacial score (nSPS) is 9.74. The molecule has 98 valence electrons. The Morgan fingerprint density at radius 3 is 2.79 bits per heavy atom. The molecule has 6 heteroatoms. The van der Waals surface area contributed by atoms with Gasteiger partial charge in [-0.05, 0) is 17.7 Å². The van der Waals surface area contributed by atoms with Crippen molar-refractivity contribution in [3.05, 3.63) is 35.1 Å². The standard InChI is InChI=1S/C13H12FN3O2/c1-19-13(18)9-17(5-4-15)8-10-2-3-12(14)11(6-10)7-16/h2-3,6H,5,8-9H2,1H3. The van der Waals surface area contributed by atoms with Gasteiger partial charge in [0.05, 0.1) is 31.8 Å². The Balaban J connectivity index is 2.82. The molecule has 0 aliphatic heterocycles. The zero-order valence-corrected chi connectivity index (χ0v) is 10.4. The van der Waals surface area contributed by atoms with Crippen LogP contribution in [0.5, 0.6) is 0 Å². The Morgan fingerprint density at radius 2 is 2.21 bits per heavy atom. The van der Waals surface area contributed by atoms with E-state index in [0.717, 1.165) is 0 Å². The van der Waals surface area contributed by atoms with E-state index in [9.17, 15) is 9.18 Å². The van der Waals surface area contributed by atoms with Gasteiger partial charge in [0.25, 0.3) is 0 Å². The Bertz CT molecular complexity index is 546. The summed E-state index contributed by atoms with van der Waals surface area (Å²) in [6.07, 6.45) is 0. The number of rotatable bonds is 5. The van der Waals surface area contributed by atoms with Crippen LogP contribution in [0.3, 0.4) is 0 Å². The molecule has 19 heavy (non-hydrogen) atoms. The van der Waals surface area contributed by atoms with Crippen LogP contribution >= 0.6 is 0 Å². The summed E-state index contributed by atoms with van der Waals surface area (Å²) < 4.78 is 17.7. The first-order valence-corrected chi connectivity index (χ1v) is 5.45. The maximum Gasteiger partial charge on any atom is 0.319 e. The predicted octanol–water partition coefficient (Wildman–Crippen LogP) is 1.20. The average Bonchev–Trinajstić information content (AvgIpc) is 2.41. The Kier molecular flexibility index (Phi) is 5.46. The van der Waals surface area contributed by atoms with E-state index in [4.69, 9.17) is 10.5 Å². The second-order valence-electron chi connectivity index (χ2n) is 3.81. The molecule has 5 nitrogen and oxygen atoms in total. The SMILES string of the molecule is COC(=O)CN(CC#N)Cc1ccc(F)c(C#N)c1. The van der Waals surface area contributed by atoms with E-state index < -0.39 is 11.8 Å². The van der Waals surface area contributed by atoms with Gasteiger partial charge in [-0.3, -0.25) is 9.69 Å². The van der Waals surface area contributed by atoms with Gasteiger partial charge in [-0.1, -0.05) is 6.07 Å². The van der Waals surface area contributed by atoms with Crippen molar-refractivity contribution in [1.82, 2.24) is 4.90 Å². The number of halogens is 1. The number of carbonyl (C=O) groups excluding carboxylic acids is 1. The number of ether oxygens (including phenoxy) is 1. The maximum atomic E-state index is 13.2. The lowest BCUT2D eigenvalue weighted by molar-refractivity contribution is -0.141. The van der Waals surface area contributed by atoms with Crippen LogP contribution in [0.1, 0.15) is 11.1 Å². The first kappa shape index (κ1) is 14.6. The highest BCUT2D eigenvalue weighted by atomic mass is 19.1. The lowest BCUT2D eigenvalue weighted by Gasteiger charge is -2.17. The van der Waals surface area contributed by atoms with Crippen LogP contribution in [0.15, 0.2) is 18.2 Å². The van der Waals surface area contributed by atoms with Crippen molar-refractivity contribution < 1.29 is 13.9 Å². The van der Waals surface area contributed by atoms with E-state index in [1.165, 1.54) is 25.3 Å². The van der Waals surface area contributed by atoms with Crippen molar-refractivity contribution in [3.8, 4) is 12.1 Å². The molecule has 0 heterocycles. The van der Waals surface area contributed by atoms with Gasteiger partial charge in [-0.25, -0.2) is 4.39 Å². The third-order valence-electron chi connectivity index (χ3n) is 2.43. The van der Waals surface area contributed by atoms with E-state index in [0.29, 0.717) is 5.56 Å². The number of methoxy groups -OCH3 is 1. The van der Waals surface area contributed by atoms with Gasteiger partial charge in [-0.15, -0.1) is 0 Å². The largest absolute Gasteiger partial charge is 0.468 e. The zero-order chi connectivity index (χ0) is 14.3. The molecule has 0 unspecified atom stereocenters. The third kappa shape index (κ3) is 4.38. The fraction of sp³-hybridized carbons (Fsp3) is 0.308. The monoisotopic (exact) mass is 261 g/mol. The first-order chi connectivity index (χ1) is 9.10. The summed E-state index contributed by atoms with van der Waals surface area (Å²) in [7, 11) is 1.26. The Morgan fingerprint density at radius 1 is 1.47 bits per heavy atom. The lowest BCUT2D eigenvalue weighted by Crippen LogP contribution is -2.30. The van der Waals surface area contributed by atoms with Crippen LogP contribution in [0, 0.1) is 28.5 Å². The predicted molar refractivity (Wildman–Crippen MR) is 64.0 cm³/mol.